The van der Waals surface area contributed by atoms with Crippen molar-refractivity contribution >= 4 is 17.5 Å². The second-order valence-electron chi connectivity index (χ2n) is 8.12. The molecule has 1 amide bonds. The molecule has 0 bridgehead atoms. The maximum atomic E-state index is 11.9. The van der Waals surface area contributed by atoms with Crippen molar-refractivity contribution in [2.75, 3.05) is 30.9 Å². The summed E-state index contributed by atoms with van der Waals surface area (Å²) in [6.07, 6.45) is 4.38. The predicted molar refractivity (Wildman–Crippen MR) is 104 cm³/mol. The molecular formula is C20H33N3O2. The molecule has 1 aliphatic rings. The van der Waals surface area contributed by atoms with E-state index in [0.717, 1.165) is 18.5 Å². The van der Waals surface area contributed by atoms with E-state index in [9.17, 15) is 4.79 Å². The lowest BCUT2D eigenvalue weighted by molar-refractivity contribution is 0.0514. The average Bonchev–Trinajstić information content (AvgIpc) is 2.52. The van der Waals surface area contributed by atoms with Gasteiger partial charge in [-0.25, -0.2) is 4.79 Å². The van der Waals surface area contributed by atoms with Gasteiger partial charge in [0.2, 0.25) is 0 Å². The van der Waals surface area contributed by atoms with E-state index >= 15 is 0 Å². The first kappa shape index (κ1) is 19.4. The summed E-state index contributed by atoms with van der Waals surface area (Å²) < 4.78 is 5.35. The Morgan fingerprint density at radius 2 is 1.96 bits per heavy atom. The molecule has 5 nitrogen and oxygen atoms in total. The number of amides is 1. The van der Waals surface area contributed by atoms with Crippen molar-refractivity contribution in [3.8, 4) is 0 Å². The minimum absolute atomic E-state index is 0.327. The second-order valence-corrected chi connectivity index (χ2v) is 8.12. The zero-order valence-electron chi connectivity index (χ0n) is 16.3. The number of rotatable bonds is 5. The first-order valence-corrected chi connectivity index (χ1v) is 9.25. The van der Waals surface area contributed by atoms with Gasteiger partial charge in [-0.2, -0.15) is 0 Å². The SMILES string of the molecule is CN(C)c1cccc(NC2CCCCC2CNC(=O)OC(C)(C)C)c1. The van der Waals surface area contributed by atoms with E-state index in [4.69, 9.17) is 4.74 Å². The van der Waals surface area contributed by atoms with Crippen molar-refractivity contribution in [3.63, 3.8) is 0 Å². The lowest BCUT2D eigenvalue weighted by atomic mass is 9.84. The van der Waals surface area contributed by atoms with Crippen LogP contribution in [0, 0.1) is 5.92 Å². The fourth-order valence-corrected chi connectivity index (χ4v) is 3.26. The van der Waals surface area contributed by atoms with Crippen LogP contribution in [0.2, 0.25) is 0 Å². The summed E-state index contributed by atoms with van der Waals surface area (Å²) in [6.45, 7) is 6.31. The van der Waals surface area contributed by atoms with Crippen molar-refractivity contribution in [1.82, 2.24) is 5.32 Å². The third-order valence-electron chi connectivity index (χ3n) is 4.53. The fraction of sp³-hybridized carbons (Fsp3) is 0.650. The van der Waals surface area contributed by atoms with Crippen molar-refractivity contribution < 1.29 is 9.53 Å². The van der Waals surface area contributed by atoms with Crippen LogP contribution < -0.4 is 15.5 Å². The van der Waals surface area contributed by atoms with Gasteiger partial charge < -0.3 is 20.3 Å². The molecule has 0 radical (unpaired) electrons. The quantitative estimate of drug-likeness (QED) is 0.836. The van der Waals surface area contributed by atoms with E-state index < -0.39 is 5.60 Å². The third kappa shape index (κ3) is 6.48. The number of hydrogen-bond acceptors (Lipinski definition) is 4. The van der Waals surface area contributed by atoms with Crippen LogP contribution in [-0.2, 0) is 4.74 Å². The second kappa shape index (κ2) is 8.45. The molecule has 1 saturated carbocycles. The van der Waals surface area contributed by atoms with Crippen LogP contribution in [0.1, 0.15) is 46.5 Å². The molecule has 2 rings (SSSR count). The van der Waals surface area contributed by atoms with Gasteiger partial charge in [0, 0.05) is 38.1 Å². The summed E-state index contributed by atoms with van der Waals surface area (Å²) >= 11 is 0. The van der Waals surface area contributed by atoms with E-state index in [2.05, 4.69) is 39.8 Å². The first-order chi connectivity index (χ1) is 11.7. The highest BCUT2D eigenvalue weighted by molar-refractivity contribution is 5.67. The zero-order valence-corrected chi connectivity index (χ0v) is 16.3. The maximum absolute atomic E-state index is 11.9. The van der Waals surface area contributed by atoms with Crippen LogP contribution >= 0.6 is 0 Å². The molecule has 25 heavy (non-hydrogen) atoms. The Balaban J connectivity index is 1.94. The molecule has 0 aliphatic heterocycles. The Bertz CT molecular complexity index is 566. The van der Waals surface area contributed by atoms with Crippen LogP contribution in [0.4, 0.5) is 16.2 Å². The molecule has 0 aromatic heterocycles. The van der Waals surface area contributed by atoms with Gasteiger partial charge in [-0.3, -0.25) is 0 Å². The average molecular weight is 348 g/mol. The van der Waals surface area contributed by atoms with Gasteiger partial charge >= 0.3 is 6.09 Å². The van der Waals surface area contributed by atoms with E-state index in [1.54, 1.807) is 0 Å². The maximum Gasteiger partial charge on any atom is 0.407 e. The summed E-state index contributed by atoms with van der Waals surface area (Å²) in [5.41, 5.74) is 1.87. The van der Waals surface area contributed by atoms with Gasteiger partial charge in [-0.05, 0) is 57.7 Å². The fourth-order valence-electron chi connectivity index (χ4n) is 3.26. The molecule has 0 heterocycles. The van der Waals surface area contributed by atoms with Crippen molar-refractivity contribution in [2.24, 2.45) is 5.92 Å². The third-order valence-corrected chi connectivity index (χ3v) is 4.53. The van der Waals surface area contributed by atoms with Gasteiger partial charge in [0.15, 0.2) is 0 Å². The highest BCUT2D eigenvalue weighted by Crippen LogP contribution is 2.28. The Labute approximate surface area is 152 Å². The van der Waals surface area contributed by atoms with E-state index in [0.29, 0.717) is 18.5 Å². The smallest absolute Gasteiger partial charge is 0.407 e. The molecule has 140 valence electrons. The topological polar surface area (TPSA) is 53.6 Å². The molecule has 2 unspecified atom stereocenters. The van der Waals surface area contributed by atoms with Gasteiger partial charge in [0.05, 0.1) is 0 Å². The van der Waals surface area contributed by atoms with Crippen molar-refractivity contribution in [2.45, 2.75) is 58.1 Å². The molecule has 1 aromatic carbocycles. The largest absolute Gasteiger partial charge is 0.444 e. The molecule has 2 atom stereocenters. The molecule has 2 N–H and O–H groups in total. The highest BCUT2D eigenvalue weighted by atomic mass is 16.6. The number of benzene rings is 1. The van der Waals surface area contributed by atoms with Crippen LogP contribution in [0.15, 0.2) is 24.3 Å². The molecule has 1 fully saturated rings. The standard InChI is InChI=1S/C20H33N3O2/c1-20(2,3)25-19(24)21-14-15-9-6-7-12-18(15)22-16-10-8-11-17(13-16)23(4)5/h8,10-11,13,15,18,22H,6-7,9,12,14H2,1-5H3,(H,21,24). The summed E-state index contributed by atoms with van der Waals surface area (Å²) in [6, 6.07) is 8.84. The Kier molecular flexibility index (Phi) is 6.57. The summed E-state index contributed by atoms with van der Waals surface area (Å²) in [5.74, 6) is 0.421. The number of carbonyl (C=O) groups is 1. The van der Waals surface area contributed by atoms with Crippen LogP contribution in [0.3, 0.4) is 0 Å². The Morgan fingerprint density at radius 1 is 1.24 bits per heavy atom. The predicted octanol–water partition coefficient (Wildman–Crippen LogP) is 4.25. The van der Waals surface area contributed by atoms with Crippen molar-refractivity contribution in [3.05, 3.63) is 24.3 Å². The summed E-state index contributed by atoms with van der Waals surface area (Å²) in [4.78, 5) is 14.0. The van der Waals surface area contributed by atoms with Gasteiger partial charge in [-0.15, -0.1) is 0 Å². The number of ether oxygens (including phenoxy) is 1. The summed E-state index contributed by atoms with van der Waals surface area (Å²) in [7, 11) is 4.10. The number of hydrogen-bond donors (Lipinski definition) is 2. The number of nitrogens with one attached hydrogen (secondary N) is 2. The van der Waals surface area contributed by atoms with Crippen LogP contribution in [0.5, 0.6) is 0 Å². The van der Waals surface area contributed by atoms with Crippen molar-refractivity contribution in [1.29, 1.82) is 0 Å². The lowest BCUT2D eigenvalue weighted by Crippen LogP contribution is -2.42. The van der Waals surface area contributed by atoms with E-state index in [-0.39, 0.29) is 6.09 Å². The number of alkyl carbamates (subject to hydrolysis) is 1. The Morgan fingerprint density at radius 3 is 2.64 bits per heavy atom. The van der Waals surface area contributed by atoms with E-state index in [1.165, 1.54) is 18.5 Å². The normalized spacial score (nSPS) is 20.7. The van der Waals surface area contributed by atoms with Gasteiger partial charge in [-0.1, -0.05) is 18.9 Å². The number of nitrogens with zero attached hydrogens (tertiary/aromatic N) is 1. The van der Waals surface area contributed by atoms with E-state index in [1.807, 2.05) is 34.9 Å². The minimum Gasteiger partial charge on any atom is -0.444 e. The molecule has 0 spiro atoms. The minimum atomic E-state index is -0.457. The highest BCUT2D eigenvalue weighted by Gasteiger charge is 2.26. The zero-order chi connectivity index (χ0) is 18.4. The van der Waals surface area contributed by atoms with Gasteiger partial charge in [0.25, 0.3) is 0 Å². The van der Waals surface area contributed by atoms with Crippen LogP contribution in [0.25, 0.3) is 0 Å². The summed E-state index contributed by atoms with van der Waals surface area (Å²) in [5, 5.41) is 6.62. The number of carbonyl (C=O) groups excluding carboxylic acids is 1. The monoisotopic (exact) mass is 347 g/mol. The molecule has 5 heteroatoms. The lowest BCUT2D eigenvalue weighted by Gasteiger charge is -2.33. The van der Waals surface area contributed by atoms with Crippen LogP contribution in [-0.4, -0.2) is 38.4 Å². The number of anilines is 2. The van der Waals surface area contributed by atoms with Gasteiger partial charge in [0.1, 0.15) is 5.60 Å². The molecule has 1 aliphatic carbocycles. The molecular weight excluding hydrogens is 314 g/mol. The molecule has 1 aromatic rings. The molecule has 0 saturated heterocycles. The Hall–Kier alpha value is -1.91. The first-order valence-electron chi connectivity index (χ1n) is 9.25.